The highest BCUT2D eigenvalue weighted by Crippen LogP contribution is 2.09. The van der Waals surface area contributed by atoms with Crippen LogP contribution in [-0.4, -0.2) is 12.1 Å². The van der Waals surface area contributed by atoms with Crippen molar-refractivity contribution >= 4 is 23.7 Å². The molecular weight excluding hydrogens is 226 g/mol. The number of nitrogens with zero attached hydrogens (tertiary/aromatic N) is 2. The Morgan fingerprint density at radius 2 is 2.06 bits per heavy atom. The van der Waals surface area contributed by atoms with Gasteiger partial charge < -0.3 is 5.32 Å². The van der Waals surface area contributed by atoms with Crippen molar-refractivity contribution in [1.82, 2.24) is 10.7 Å². The van der Waals surface area contributed by atoms with Gasteiger partial charge in [0.2, 0.25) is 0 Å². The molecule has 0 fully saturated rings. The van der Waals surface area contributed by atoms with E-state index < -0.39 is 0 Å². The molecule has 5 heteroatoms. The molecule has 16 heavy (non-hydrogen) atoms. The van der Waals surface area contributed by atoms with Crippen molar-refractivity contribution in [2.75, 3.05) is 0 Å². The third-order valence-electron chi connectivity index (χ3n) is 2.09. The standard InChI is InChI=1S/C11H9ClN3O/c12-10-3-1-8(2-4-10)5-13-11(16)9-6-14-15-7-9/h1-4,6-7H,5H2,(H,13,16). The quantitative estimate of drug-likeness (QED) is 0.846. The summed E-state index contributed by atoms with van der Waals surface area (Å²) < 4.78 is 0. The lowest BCUT2D eigenvalue weighted by Gasteiger charge is -2.04. The third-order valence-corrected chi connectivity index (χ3v) is 2.34. The van der Waals surface area contributed by atoms with Crippen molar-refractivity contribution in [3.8, 4) is 0 Å². The Balaban J connectivity index is 1.90. The van der Waals surface area contributed by atoms with Crippen molar-refractivity contribution in [1.29, 1.82) is 0 Å². The molecule has 0 spiro atoms. The van der Waals surface area contributed by atoms with Crippen LogP contribution in [0.5, 0.6) is 0 Å². The molecule has 1 heterocycles. The summed E-state index contributed by atoms with van der Waals surface area (Å²) in [5, 5.41) is 7.02. The topological polar surface area (TPSA) is 55.6 Å². The van der Waals surface area contributed by atoms with Gasteiger partial charge in [0.05, 0.1) is 18.0 Å². The summed E-state index contributed by atoms with van der Waals surface area (Å²) in [4.78, 5) is 11.5. The molecule has 1 aromatic carbocycles. The van der Waals surface area contributed by atoms with Crippen LogP contribution in [0.3, 0.4) is 0 Å². The Morgan fingerprint density at radius 3 is 2.69 bits per heavy atom. The molecule has 2 rings (SSSR count). The average molecular weight is 235 g/mol. The zero-order valence-electron chi connectivity index (χ0n) is 8.35. The first-order valence-electron chi connectivity index (χ1n) is 4.72. The number of amides is 1. The van der Waals surface area contributed by atoms with E-state index in [1.807, 2.05) is 12.1 Å². The van der Waals surface area contributed by atoms with Gasteiger partial charge in [-0.3, -0.25) is 4.79 Å². The van der Waals surface area contributed by atoms with E-state index in [-0.39, 0.29) is 5.91 Å². The molecule has 81 valence electrons. The van der Waals surface area contributed by atoms with Crippen LogP contribution in [-0.2, 0) is 11.3 Å². The normalized spacial score (nSPS) is 13.2. The van der Waals surface area contributed by atoms with Gasteiger partial charge in [-0.05, 0) is 17.7 Å². The lowest BCUT2D eigenvalue weighted by molar-refractivity contribution is -0.117. The van der Waals surface area contributed by atoms with Crippen LogP contribution >= 0.6 is 11.6 Å². The predicted molar refractivity (Wildman–Crippen MR) is 62.0 cm³/mol. The van der Waals surface area contributed by atoms with Crippen LogP contribution < -0.4 is 10.7 Å². The van der Waals surface area contributed by atoms with Crippen molar-refractivity contribution in [2.45, 2.75) is 6.54 Å². The molecule has 1 aromatic rings. The third kappa shape index (κ3) is 2.61. The van der Waals surface area contributed by atoms with Crippen molar-refractivity contribution in [2.24, 2.45) is 5.10 Å². The Hall–Kier alpha value is -1.81. The highest BCUT2D eigenvalue weighted by molar-refractivity contribution is 6.30. The van der Waals surface area contributed by atoms with Crippen LogP contribution in [0.1, 0.15) is 5.56 Å². The molecule has 1 N–H and O–H groups in total. The van der Waals surface area contributed by atoms with Crippen LogP contribution in [0.4, 0.5) is 0 Å². The molecule has 4 nitrogen and oxygen atoms in total. The first kappa shape index (κ1) is 10.7. The Labute approximate surface area is 98.0 Å². The molecule has 0 saturated heterocycles. The molecule has 1 aliphatic rings. The average Bonchev–Trinajstić information content (AvgIpc) is 2.81. The summed E-state index contributed by atoms with van der Waals surface area (Å²) in [5.74, 6) is -0.181. The second-order valence-electron chi connectivity index (χ2n) is 3.25. The summed E-state index contributed by atoms with van der Waals surface area (Å²) in [6, 6.07) is 7.30. The van der Waals surface area contributed by atoms with Gasteiger partial charge in [0, 0.05) is 11.6 Å². The van der Waals surface area contributed by atoms with Gasteiger partial charge >= 0.3 is 0 Å². The monoisotopic (exact) mass is 234 g/mol. The van der Waals surface area contributed by atoms with E-state index in [0.29, 0.717) is 17.1 Å². The van der Waals surface area contributed by atoms with Gasteiger partial charge in [-0.1, -0.05) is 23.7 Å². The van der Waals surface area contributed by atoms with Crippen LogP contribution in [0.2, 0.25) is 5.02 Å². The van der Waals surface area contributed by atoms with E-state index in [2.05, 4.69) is 15.8 Å². The largest absolute Gasteiger partial charge is 0.348 e. The highest BCUT2D eigenvalue weighted by Gasteiger charge is 2.09. The Morgan fingerprint density at radius 1 is 1.31 bits per heavy atom. The van der Waals surface area contributed by atoms with E-state index in [1.54, 1.807) is 12.1 Å². The van der Waals surface area contributed by atoms with Gasteiger partial charge in [0.25, 0.3) is 5.91 Å². The molecule has 1 amide bonds. The predicted octanol–water partition coefficient (Wildman–Crippen LogP) is 1.44. The van der Waals surface area contributed by atoms with Crippen LogP contribution in [0, 0.1) is 0 Å². The molecule has 0 bridgehead atoms. The van der Waals surface area contributed by atoms with Gasteiger partial charge in [-0.15, -0.1) is 0 Å². The number of hydrogen-bond donors (Lipinski definition) is 1. The van der Waals surface area contributed by atoms with Gasteiger partial charge in [0.15, 0.2) is 0 Å². The molecular formula is C11H9ClN3O. The number of halogens is 1. The molecule has 0 aliphatic carbocycles. The Kier molecular flexibility index (Phi) is 3.22. The maximum absolute atomic E-state index is 11.5. The second kappa shape index (κ2) is 4.81. The van der Waals surface area contributed by atoms with Gasteiger partial charge in [0.1, 0.15) is 0 Å². The number of hydrogen-bond acceptors (Lipinski definition) is 2. The maximum Gasteiger partial charge on any atom is 0.254 e. The first-order valence-corrected chi connectivity index (χ1v) is 5.09. The lowest BCUT2D eigenvalue weighted by Crippen LogP contribution is -2.24. The zero-order valence-corrected chi connectivity index (χ0v) is 9.11. The van der Waals surface area contributed by atoms with Gasteiger partial charge in [-0.25, -0.2) is 0 Å². The summed E-state index contributed by atoms with van der Waals surface area (Å²) in [7, 11) is 0. The SMILES string of the molecule is O=C(NCc1ccc(Cl)cc1)C1=C[N]N=C1. The summed E-state index contributed by atoms with van der Waals surface area (Å²) in [5.41, 5.74) is 5.04. The lowest BCUT2D eigenvalue weighted by atomic mass is 10.2. The fourth-order valence-electron chi connectivity index (χ4n) is 1.23. The number of nitrogens with one attached hydrogen (secondary N) is 1. The summed E-state index contributed by atoms with van der Waals surface area (Å²) >= 11 is 5.75. The van der Waals surface area contributed by atoms with E-state index in [4.69, 9.17) is 11.6 Å². The maximum atomic E-state index is 11.5. The fraction of sp³-hybridized carbons (Fsp3) is 0.0909. The van der Waals surface area contributed by atoms with E-state index in [9.17, 15) is 4.79 Å². The zero-order chi connectivity index (χ0) is 11.4. The van der Waals surface area contributed by atoms with Gasteiger partial charge in [-0.2, -0.15) is 10.5 Å². The fourth-order valence-corrected chi connectivity index (χ4v) is 1.35. The Bertz CT molecular complexity index is 451. The van der Waals surface area contributed by atoms with Crippen molar-refractivity contribution in [3.63, 3.8) is 0 Å². The molecule has 0 saturated carbocycles. The number of carbonyl (C=O) groups excluding carboxylic acids is 1. The van der Waals surface area contributed by atoms with E-state index >= 15 is 0 Å². The molecule has 0 aromatic heterocycles. The van der Waals surface area contributed by atoms with Crippen LogP contribution in [0.15, 0.2) is 41.1 Å². The smallest absolute Gasteiger partial charge is 0.254 e. The molecule has 0 atom stereocenters. The van der Waals surface area contributed by atoms with E-state index in [0.717, 1.165) is 5.56 Å². The second-order valence-corrected chi connectivity index (χ2v) is 3.69. The minimum Gasteiger partial charge on any atom is -0.348 e. The summed E-state index contributed by atoms with van der Waals surface area (Å²) in [6.45, 7) is 0.460. The minimum atomic E-state index is -0.181. The van der Waals surface area contributed by atoms with Crippen molar-refractivity contribution in [3.05, 3.63) is 46.6 Å². The summed E-state index contributed by atoms with van der Waals surface area (Å²) in [6.07, 6.45) is 2.86. The molecule has 1 radical (unpaired) electrons. The molecule has 1 aliphatic heterocycles. The van der Waals surface area contributed by atoms with Crippen molar-refractivity contribution < 1.29 is 4.79 Å². The molecule has 0 unspecified atom stereocenters. The number of rotatable bonds is 3. The number of carbonyl (C=O) groups is 1. The van der Waals surface area contributed by atoms with Crippen LogP contribution in [0.25, 0.3) is 0 Å². The number of benzene rings is 1. The van der Waals surface area contributed by atoms with E-state index in [1.165, 1.54) is 12.4 Å². The highest BCUT2D eigenvalue weighted by atomic mass is 35.5. The minimum absolute atomic E-state index is 0.181. The first-order chi connectivity index (χ1) is 7.75.